The first kappa shape index (κ1) is 17.8. The van der Waals surface area contributed by atoms with Crippen LogP contribution in [0.1, 0.15) is 16.3 Å². The van der Waals surface area contributed by atoms with Gasteiger partial charge in [0.15, 0.2) is 5.16 Å². The molecule has 0 aliphatic rings. The second-order valence-electron chi connectivity index (χ2n) is 6.04. The Kier molecular flexibility index (Phi) is 4.75. The number of fused-ring (bicyclic) bond motifs is 1. The van der Waals surface area contributed by atoms with Crippen LogP contribution in [-0.2, 0) is 5.75 Å². The molecule has 0 aliphatic heterocycles. The van der Waals surface area contributed by atoms with Crippen LogP contribution in [0.3, 0.4) is 0 Å². The molecule has 0 atom stereocenters. The van der Waals surface area contributed by atoms with E-state index >= 15 is 0 Å². The van der Waals surface area contributed by atoms with Gasteiger partial charge >= 0.3 is 0 Å². The summed E-state index contributed by atoms with van der Waals surface area (Å²) >= 11 is 3.09. The molecule has 0 unspecified atom stereocenters. The maximum Gasteiger partial charge on any atom is 0.259 e. The summed E-state index contributed by atoms with van der Waals surface area (Å²) in [7, 11) is 1.65. The molecule has 138 valence electrons. The van der Waals surface area contributed by atoms with Crippen LogP contribution in [-0.4, -0.2) is 26.6 Å². The fourth-order valence-corrected chi connectivity index (χ4v) is 4.73. The lowest BCUT2D eigenvalue weighted by Gasteiger charge is -2.08. The van der Waals surface area contributed by atoms with Crippen LogP contribution in [0.4, 0.5) is 0 Å². The van der Waals surface area contributed by atoms with Gasteiger partial charge in [-0.25, -0.2) is 9.97 Å². The van der Waals surface area contributed by atoms with Crippen molar-refractivity contribution in [1.29, 1.82) is 0 Å². The van der Waals surface area contributed by atoms with Crippen LogP contribution >= 0.6 is 23.1 Å². The van der Waals surface area contributed by atoms with Crippen LogP contribution in [0.25, 0.3) is 15.9 Å². The zero-order valence-corrected chi connectivity index (χ0v) is 16.8. The number of ether oxygens (including phenoxy) is 1. The van der Waals surface area contributed by atoms with Gasteiger partial charge in [0, 0.05) is 23.0 Å². The van der Waals surface area contributed by atoms with Crippen molar-refractivity contribution >= 4 is 33.3 Å². The van der Waals surface area contributed by atoms with Gasteiger partial charge in [0.2, 0.25) is 0 Å². The number of hydrogen-bond acceptors (Lipinski definition) is 6. The predicted molar refractivity (Wildman–Crippen MR) is 109 cm³/mol. The number of methoxy groups -OCH3 is 1. The van der Waals surface area contributed by atoms with Crippen LogP contribution in [0, 0.1) is 13.8 Å². The summed E-state index contributed by atoms with van der Waals surface area (Å²) in [6, 6.07) is 7.79. The van der Waals surface area contributed by atoms with E-state index in [1.54, 1.807) is 24.6 Å². The minimum atomic E-state index is -0.0732. The van der Waals surface area contributed by atoms with E-state index in [1.807, 2.05) is 48.9 Å². The summed E-state index contributed by atoms with van der Waals surface area (Å²) in [5, 5.41) is 1.53. The standard InChI is InChI=1S/C19H18N4O2S2/c1-11-12(2)27-18-16(11)17(24)21-15(22-18)10-26-19-20-8-9-23(19)13-4-6-14(25-3)7-5-13/h4-9H,10H2,1-3H3,(H,21,22,24). The van der Waals surface area contributed by atoms with Crippen LogP contribution in [0.2, 0.25) is 0 Å². The molecule has 4 rings (SSSR count). The third kappa shape index (κ3) is 3.38. The second-order valence-corrected chi connectivity index (χ2v) is 8.19. The van der Waals surface area contributed by atoms with E-state index in [0.717, 1.165) is 31.9 Å². The Morgan fingerprint density at radius 2 is 2.04 bits per heavy atom. The number of hydrogen-bond donors (Lipinski definition) is 1. The maximum atomic E-state index is 12.4. The number of nitrogens with zero attached hydrogens (tertiary/aromatic N) is 3. The molecule has 3 aromatic heterocycles. The number of aromatic amines is 1. The smallest absolute Gasteiger partial charge is 0.259 e. The lowest BCUT2D eigenvalue weighted by atomic mass is 10.2. The summed E-state index contributed by atoms with van der Waals surface area (Å²) in [5.74, 6) is 2.00. The molecule has 0 spiro atoms. The highest BCUT2D eigenvalue weighted by Gasteiger charge is 2.13. The van der Waals surface area contributed by atoms with Gasteiger partial charge < -0.3 is 9.72 Å². The number of benzene rings is 1. The Labute approximate surface area is 164 Å². The lowest BCUT2D eigenvalue weighted by molar-refractivity contribution is 0.414. The molecule has 0 aliphatic carbocycles. The molecule has 1 N–H and O–H groups in total. The number of aryl methyl sites for hydroxylation is 2. The SMILES string of the molecule is COc1ccc(-n2ccnc2SCc2nc3sc(C)c(C)c3c(=O)[nH]2)cc1. The zero-order valence-electron chi connectivity index (χ0n) is 15.1. The minimum absolute atomic E-state index is 0.0732. The number of nitrogens with one attached hydrogen (secondary N) is 1. The van der Waals surface area contributed by atoms with Crippen LogP contribution in [0.15, 0.2) is 46.6 Å². The average molecular weight is 399 g/mol. The van der Waals surface area contributed by atoms with Gasteiger partial charge in [0.05, 0.1) is 18.2 Å². The van der Waals surface area contributed by atoms with Gasteiger partial charge in [-0.2, -0.15) is 0 Å². The fraction of sp³-hybridized carbons (Fsp3) is 0.211. The highest BCUT2D eigenvalue weighted by Crippen LogP contribution is 2.28. The van der Waals surface area contributed by atoms with Crippen molar-refractivity contribution in [3.63, 3.8) is 0 Å². The first-order valence-corrected chi connectivity index (χ1v) is 10.2. The summed E-state index contributed by atoms with van der Waals surface area (Å²) in [4.78, 5) is 26.3. The van der Waals surface area contributed by atoms with Crippen LogP contribution in [0.5, 0.6) is 5.75 Å². The van der Waals surface area contributed by atoms with Gasteiger partial charge in [0.25, 0.3) is 5.56 Å². The molecule has 0 saturated heterocycles. The quantitative estimate of drug-likeness (QED) is 0.513. The van der Waals surface area contributed by atoms with E-state index in [2.05, 4.69) is 15.0 Å². The van der Waals surface area contributed by atoms with E-state index in [0.29, 0.717) is 17.0 Å². The van der Waals surface area contributed by atoms with Crippen molar-refractivity contribution in [2.75, 3.05) is 7.11 Å². The van der Waals surface area contributed by atoms with E-state index < -0.39 is 0 Å². The maximum absolute atomic E-state index is 12.4. The summed E-state index contributed by atoms with van der Waals surface area (Å²) in [5.41, 5.74) is 1.94. The van der Waals surface area contributed by atoms with Gasteiger partial charge in [-0.05, 0) is 43.7 Å². The van der Waals surface area contributed by atoms with Crippen molar-refractivity contribution in [2.24, 2.45) is 0 Å². The number of imidazole rings is 1. The Hall–Kier alpha value is -2.58. The van der Waals surface area contributed by atoms with Gasteiger partial charge in [-0.15, -0.1) is 11.3 Å². The Bertz CT molecular complexity index is 1160. The molecule has 0 saturated carbocycles. The first-order valence-electron chi connectivity index (χ1n) is 8.36. The monoisotopic (exact) mass is 398 g/mol. The molecule has 0 amide bonds. The molecule has 0 radical (unpaired) electrons. The minimum Gasteiger partial charge on any atom is -0.497 e. The third-order valence-electron chi connectivity index (χ3n) is 4.38. The first-order chi connectivity index (χ1) is 13.1. The number of rotatable bonds is 5. The van der Waals surface area contributed by atoms with Crippen molar-refractivity contribution in [2.45, 2.75) is 24.8 Å². The molecule has 3 heterocycles. The molecule has 0 fully saturated rings. The van der Waals surface area contributed by atoms with Crippen molar-refractivity contribution < 1.29 is 4.74 Å². The zero-order chi connectivity index (χ0) is 19.0. The number of thiophene rings is 1. The molecule has 4 aromatic rings. The Balaban J connectivity index is 1.58. The number of thioether (sulfide) groups is 1. The van der Waals surface area contributed by atoms with Crippen molar-refractivity contribution in [3.05, 3.63) is 63.3 Å². The number of H-pyrrole nitrogens is 1. The molecular formula is C19H18N4O2S2. The Morgan fingerprint density at radius 1 is 1.26 bits per heavy atom. The average Bonchev–Trinajstić information content (AvgIpc) is 3.25. The highest BCUT2D eigenvalue weighted by molar-refractivity contribution is 7.98. The molecule has 27 heavy (non-hydrogen) atoms. The fourth-order valence-electron chi connectivity index (χ4n) is 2.84. The molecule has 8 heteroatoms. The highest BCUT2D eigenvalue weighted by atomic mass is 32.2. The number of aromatic nitrogens is 4. The van der Waals surface area contributed by atoms with Gasteiger partial charge in [-0.1, -0.05) is 11.8 Å². The molecule has 1 aromatic carbocycles. The van der Waals surface area contributed by atoms with E-state index in [9.17, 15) is 4.79 Å². The molecular weight excluding hydrogens is 380 g/mol. The van der Waals surface area contributed by atoms with Gasteiger partial charge in [-0.3, -0.25) is 9.36 Å². The van der Waals surface area contributed by atoms with Crippen LogP contribution < -0.4 is 10.3 Å². The van der Waals surface area contributed by atoms with E-state index in [-0.39, 0.29) is 5.56 Å². The lowest BCUT2D eigenvalue weighted by Crippen LogP contribution is -2.11. The van der Waals surface area contributed by atoms with Gasteiger partial charge in [0.1, 0.15) is 16.4 Å². The normalized spacial score (nSPS) is 11.2. The summed E-state index contributed by atoms with van der Waals surface area (Å²) in [6.07, 6.45) is 3.67. The summed E-state index contributed by atoms with van der Waals surface area (Å²) in [6.45, 7) is 3.98. The van der Waals surface area contributed by atoms with Crippen molar-refractivity contribution in [1.82, 2.24) is 19.5 Å². The predicted octanol–water partition coefficient (Wildman–Crippen LogP) is 4.09. The summed E-state index contributed by atoms with van der Waals surface area (Å²) < 4.78 is 7.21. The largest absolute Gasteiger partial charge is 0.497 e. The Morgan fingerprint density at radius 3 is 2.78 bits per heavy atom. The molecule has 6 nitrogen and oxygen atoms in total. The topological polar surface area (TPSA) is 72.8 Å². The second kappa shape index (κ2) is 7.21. The molecule has 0 bridgehead atoms. The third-order valence-corrected chi connectivity index (χ3v) is 6.46. The van der Waals surface area contributed by atoms with Crippen molar-refractivity contribution in [3.8, 4) is 11.4 Å². The van der Waals surface area contributed by atoms with E-state index in [4.69, 9.17) is 4.74 Å². The van der Waals surface area contributed by atoms with E-state index in [1.165, 1.54) is 11.8 Å².